The van der Waals surface area contributed by atoms with Crippen molar-refractivity contribution in [2.75, 3.05) is 12.0 Å². The molecule has 114 valence electrons. The lowest BCUT2D eigenvalue weighted by Crippen LogP contribution is -2.15. The third-order valence-corrected chi connectivity index (χ3v) is 4.37. The first-order valence-electron chi connectivity index (χ1n) is 6.98. The van der Waals surface area contributed by atoms with E-state index in [0.717, 1.165) is 24.2 Å². The molecule has 0 radical (unpaired) electrons. The first-order chi connectivity index (χ1) is 9.95. The molecule has 0 bridgehead atoms. The molecule has 0 saturated heterocycles. The van der Waals surface area contributed by atoms with Crippen LogP contribution in [0.3, 0.4) is 0 Å². The number of aromatic carboxylic acids is 1. The Balaban J connectivity index is 2.65. The molecule has 0 saturated carbocycles. The number of aromatic nitrogens is 2. The van der Waals surface area contributed by atoms with Gasteiger partial charge in [-0.3, -0.25) is 4.21 Å². The van der Waals surface area contributed by atoms with Gasteiger partial charge in [-0.25, -0.2) is 9.78 Å². The summed E-state index contributed by atoms with van der Waals surface area (Å²) in [6.45, 7) is 4.06. The Labute approximate surface area is 126 Å². The van der Waals surface area contributed by atoms with Crippen LogP contribution < -0.4 is 0 Å². The Hall–Kier alpha value is -1.69. The molecule has 0 fully saturated rings. The van der Waals surface area contributed by atoms with Crippen molar-refractivity contribution in [3.8, 4) is 0 Å². The molecule has 0 aliphatic rings. The summed E-state index contributed by atoms with van der Waals surface area (Å²) in [5, 5.41) is 9.30. The van der Waals surface area contributed by atoms with Crippen LogP contribution in [-0.2, 0) is 17.2 Å². The summed E-state index contributed by atoms with van der Waals surface area (Å²) in [5.74, 6) is 0.415. The van der Waals surface area contributed by atoms with Gasteiger partial charge in [0.15, 0.2) is 0 Å². The third-order valence-electron chi connectivity index (χ3n) is 3.41. The van der Waals surface area contributed by atoms with Gasteiger partial charge < -0.3 is 9.67 Å². The fourth-order valence-electron chi connectivity index (χ4n) is 2.64. The van der Waals surface area contributed by atoms with Crippen molar-refractivity contribution in [2.24, 2.45) is 0 Å². The van der Waals surface area contributed by atoms with Crippen LogP contribution in [0.15, 0.2) is 18.2 Å². The minimum atomic E-state index is -0.972. The maximum Gasteiger partial charge on any atom is 0.337 e. The number of carboxylic acid groups (broad SMARTS) is 1. The van der Waals surface area contributed by atoms with Crippen molar-refractivity contribution in [3.05, 3.63) is 29.6 Å². The van der Waals surface area contributed by atoms with Gasteiger partial charge in [-0.2, -0.15) is 0 Å². The molecule has 2 unspecified atom stereocenters. The molecule has 0 aliphatic heterocycles. The van der Waals surface area contributed by atoms with Crippen molar-refractivity contribution in [2.45, 2.75) is 32.7 Å². The van der Waals surface area contributed by atoms with Crippen molar-refractivity contribution >= 4 is 27.8 Å². The van der Waals surface area contributed by atoms with E-state index in [0.29, 0.717) is 11.3 Å². The van der Waals surface area contributed by atoms with E-state index in [-0.39, 0.29) is 11.6 Å². The maximum atomic E-state index is 11.5. The molecule has 6 heteroatoms. The van der Waals surface area contributed by atoms with E-state index in [9.17, 15) is 14.1 Å². The zero-order chi connectivity index (χ0) is 15.6. The van der Waals surface area contributed by atoms with E-state index in [1.165, 1.54) is 0 Å². The maximum absolute atomic E-state index is 11.5. The summed E-state index contributed by atoms with van der Waals surface area (Å²) in [4.78, 5) is 15.9. The highest BCUT2D eigenvalue weighted by Gasteiger charge is 2.20. The molecule has 0 amide bonds. The second-order valence-electron chi connectivity index (χ2n) is 5.22. The lowest BCUT2D eigenvalue weighted by molar-refractivity contribution is 0.0699. The van der Waals surface area contributed by atoms with Gasteiger partial charge in [0, 0.05) is 35.3 Å². The average Bonchev–Trinajstić information content (AvgIpc) is 2.75. The molecule has 0 spiro atoms. The van der Waals surface area contributed by atoms with Crippen LogP contribution in [0.2, 0.25) is 0 Å². The van der Waals surface area contributed by atoms with Gasteiger partial charge in [0.25, 0.3) is 0 Å². The number of aryl methyl sites for hydroxylation is 1. The summed E-state index contributed by atoms with van der Waals surface area (Å²) in [7, 11) is -0.914. The molecule has 1 heterocycles. The number of hydrogen-bond acceptors (Lipinski definition) is 3. The number of carboxylic acids is 1. The molecule has 1 aromatic heterocycles. The minimum Gasteiger partial charge on any atom is -0.478 e. The number of fused-ring (bicyclic) bond motifs is 1. The SMILES string of the molecule is CCCc1nc2c(C(=O)O)cccc2n1C(C)CS(C)=O. The second kappa shape index (κ2) is 6.39. The lowest BCUT2D eigenvalue weighted by atomic mass is 10.2. The van der Waals surface area contributed by atoms with Gasteiger partial charge in [-0.05, 0) is 25.5 Å². The quantitative estimate of drug-likeness (QED) is 0.890. The number of benzene rings is 1. The zero-order valence-corrected chi connectivity index (χ0v) is 13.3. The molecule has 2 rings (SSSR count). The fourth-order valence-corrected chi connectivity index (χ4v) is 3.47. The monoisotopic (exact) mass is 308 g/mol. The van der Waals surface area contributed by atoms with Gasteiger partial charge in [0.2, 0.25) is 0 Å². The Kier molecular flexibility index (Phi) is 4.77. The predicted molar refractivity (Wildman–Crippen MR) is 84.3 cm³/mol. The molecule has 2 atom stereocenters. The summed E-state index contributed by atoms with van der Waals surface area (Å²) in [5.41, 5.74) is 1.53. The van der Waals surface area contributed by atoms with Crippen LogP contribution in [0.5, 0.6) is 0 Å². The summed E-state index contributed by atoms with van der Waals surface area (Å²) < 4.78 is 13.5. The van der Waals surface area contributed by atoms with E-state index in [4.69, 9.17) is 0 Å². The smallest absolute Gasteiger partial charge is 0.337 e. The highest BCUT2D eigenvalue weighted by molar-refractivity contribution is 7.84. The van der Waals surface area contributed by atoms with Gasteiger partial charge in [0.05, 0.1) is 11.1 Å². The average molecular weight is 308 g/mol. The zero-order valence-electron chi connectivity index (χ0n) is 12.5. The van der Waals surface area contributed by atoms with E-state index < -0.39 is 16.8 Å². The number of para-hydroxylation sites is 1. The van der Waals surface area contributed by atoms with Crippen molar-refractivity contribution < 1.29 is 14.1 Å². The fraction of sp³-hybridized carbons (Fsp3) is 0.467. The first kappa shape index (κ1) is 15.7. The van der Waals surface area contributed by atoms with Crippen LogP contribution in [0.4, 0.5) is 0 Å². The molecular formula is C15H20N2O3S. The first-order valence-corrected chi connectivity index (χ1v) is 8.71. The van der Waals surface area contributed by atoms with Gasteiger partial charge in [-0.15, -0.1) is 0 Å². The summed E-state index contributed by atoms with van der Waals surface area (Å²) in [6.07, 6.45) is 3.37. The van der Waals surface area contributed by atoms with E-state index in [1.54, 1.807) is 18.4 Å². The third kappa shape index (κ3) is 3.15. The number of nitrogens with zero attached hydrogens (tertiary/aromatic N) is 2. The highest BCUT2D eigenvalue weighted by Crippen LogP contribution is 2.25. The van der Waals surface area contributed by atoms with Gasteiger partial charge >= 0.3 is 5.97 Å². The van der Waals surface area contributed by atoms with Gasteiger partial charge in [-0.1, -0.05) is 13.0 Å². The van der Waals surface area contributed by atoms with Gasteiger partial charge in [0.1, 0.15) is 11.3 Å². The van der Waals surface area contributed by atoms with Crippen LogP contribution in [0.1, 0.15) is 42.5 Å². The number of hydrogen-bond donors (Lipinski definition) is 1. The van der Waals surface area contributed by atoms with Crippen LogP contribution in [-0.4, -0.2) is 36.8 Å². The second-order valence-corrected chi connectivity index (χ2v) is 6.70. The Morgan fingerprint density at radius 2 is 2.19 bits per heavy atom. The molecule has 0 aliphatic carbocycles. The molecule has 5 nitrogen and oxygen atoms in total. The largest absolute Gasteiger partial charge is 0.478 e. The summed E-state index contributed by atoms with van der Waals surface area (Å²) >= 11 is 0. The molecule has 1 N–H and O–H groups in total. The van der Waals surface area contributed by atoms with E-state index in [2.05, 4.69) is 11.9 Å². The molecular weight excluding hydrogens is 288 g/mol. The number of rotatable bonds is 6. The Bertz CT molecular complexity index is 694. The molecule has 21 heavy (non-hydrogen) atoms. The van der Waals surface area contributed by atoms with E-state index >= 15 is 0 Å². The number of imidazole rings is 1. The number of carbonyl (C=O) groups is 1. The van der Waals surface area contributed by atoms with E-state index in [1.807, 2.05) is 17.6 Å². The summed E-state index contributed by atoms with van der Waals surface area (Å²) in [6, 6.07) is 5.20. The molecule has 2 aromatic rings. The van der Waals surface area contributed by atoms with Crippen LogP contribution in [0.25, 0.3) is 11.0 Å². The van der Waals surface area contributed by atoms with Crippen molar-refractivity contribution in [1.29, 1.82) is 0 Å². The lowest BCUT2D eigenvalue weighted by Gasteiger charge is -2.16. The topological polar surface area (TPSA) is 72.2 Å². The van der Waals surface area contributed by atoms with Crippen molar-refractivity contribution in [1.82, 2.24) is 9.55 Å². The Morgan fingerprint density at radius 1 is 1.48 bits per heavy atom. The molecule has 1 aromatic carbocycles. The minimum absolute atomic E-state index is 0.0198. The highest BCUT2D eigenvalue weighted by atomic mass is 32.2. The Morgan fingerprint density at radius 3 is 2.76 bits per heavy atom. The van der Waals surface area contributed by atoms with Crippen LogP contribution in [0, 0.1) is 0 Å². The predicted octanol–water partition coefficient (Wildman–Crippen LogP) is 2.63. The van der Waals surface area contributed by atoms with Crippen LogP contribution >= 0.6 is 0 Å². The normalized spacial score (nSPS) is 14.2. The standard InChI is InChI=1S/C15H20N2O3S/c1-4-6-13-16-14-11(15(18)19)7-5-8-12(14)17(13)10(2)9-21(3)20/h5,7-8,10H,4,6,9H2,1-3H3,(H,18,19). The van der Waals surface area contributed by atoms with Crippen molar-refractivity contribution in [3.63, 3.8) is 0 Å².